The van der Waals surface area contributed by atoms with E-state index in [1.165, 1.54) is 12.1 Å². The summed E-state index contributed by atoms with van der Waals surface area (Å²) < 4.78 is 14.2. The summed E-state index contributed by atoms with van der Waals surface area (Å²) in [6.45, 7) is 1.86. The lowest BCUT2D eigenvalue weighted by Gasteiger charge is -2.29. The zero-order chi connectivity index (χ0) is 13.8. The van der Waals surface area contributed by atoms with Crippen LogP contribution in [0.15, 0.2) is 22.7 Å². The number of hydrogen-bond acceptors (Lipinski definition) is 1. The van der Waals surface area contributed by atoms with Crippen LogP contribution in [-0.2, 0) is 0 Å². The summed E-state index contributed by atoms with van der Waals surface area (Å²) in [5.41, 5.74) is -0.731. The van der Waals surface area contributed by atoms with Crippen LogP contribution in [0.5, 0.6) is 0 Å². The lowest BCUT2D eigenvalue weighted by atomic mass is 10.0. The molecular formula is C12H13BrCl2FNO. The summed E-state index contributed by atoms with van der Waals surface area (Å²) in [7, 11) is 0. The Bertz CT molecular complexity index is 430. The van der Waals surface area contributed by atoms with Gasteiger partial charge in [-0.15, -0.1) is 23.2 Å². The molecule has 0 heterocycles. The number of benzene rings is 1. The molecule has 0 radical (unpaired) electrons. The van der Waals surface area contributed by atoms with E-state index in [2.05, 4.69) is 21.2 Å². The highest BCUT2D eigenvalue weighted by atomic mass is 79.9. The van der Waals surface area contributed by atoms with Gasteiger partial charge in [0.2, 0.25) is 0 Å². The number of amides is 1. The molecule has 1 amide bonds. The molecule has 100 valence electrons. The zero-order valence-electron chi connectivity index (χ0n) is 9.77. The number of rotatable bonds is 5. The summed E-state index contributed by atoms with van der Waals surface area (Å²) in [5, 5.41) is 2.70. The molecule has 1 rings (SSSR count). The van der Waals surface area contributed by atoms with Gasteiger partial charge in [-0.2, -0.15) is 0 Å². The van der Waals surface area contributed by atoms with Crippen molar-refractivity contribution in [3.05, 3.63) is 34.1 Å². The maximum absolute atomic E-state index is 13.6. The van der Waals surface area contributed by atoms with E-state index in [1.807, 2.05) is 6.92 Å². The van der Waals surface area contributed by atoms with Crippen molar-refractivity contribution in [3.8, 4) is 0 Å². The van der Waals surface area contributed by atoms with Crippen molar-refractivity contribution in [3.63, 3.8) is 0 Å². The van der Waals surface area contributed by atoms with Crippen LogP contribution in [-0.4, -0.2) is 23.2 Å². The van der Waals surface area contributed by atoms with Gasteiger partial charge in [-0.05, 0) is 24.6 Å². The maximum atomic E-state index is 13.6. The number of hydrogen-bond donors (Lipinski definition) is 1. The van der Waals surface area contributed by atoms with E-state index in [9.17, 15) is 9.18 Å². The van der Waals surface area contributed by atoms with Gasteiger partial charge >= 0.3 is 0 Å². The van der Waals surface area contributed by atoms with Gasteiger partial charge in [-0.25, -0.2) is 4.39 Å². The van der Waals surface area contributed by atoms with Crippen LogP contribution >= 0.6 is 39.1 Å². The van der Waals surface area contributed by atoms with E-state index < -0.39 is 17.3 Å². The lowest BCUT2D eigenvalue weighted by Crippen LogP contribution is -2.51. The van der Waals surface area contributed by atoms with E-state index in [4.69, 9.17) is 23.2 Å². The molecule has 1 aromatic carbocycles. The standard InChI is InChI=1S/C12H13BrCl2FNO/c1-2-12(6-14,7-15)17-11(18)9-4-3-8(13)5-10(9)16/h3-5H,2,6-7H2,1H3,(H,17,18). The van der Waals surface area contributed by atoms with Crippen LogP contribution in [0.2, 0.25) is 0 Å². The van der Waals surface area contributed by atoms with Gasteiger partial charge in [0, 0.05) is 16.2 Å². The van der Waals surface area contributed by atoms with Crippen molar-refractivity contribution in [2.75, 3.05) is 11.8 Å². The smallest absolute Gasteiger partial charge is 0.254 e. The Kier molecular flexibility index (Phi) is 5.89. The first-order chi connectivity index (χ1) is 8.48. The lowest BCUT2D eigenvalue weighted by molar-refractivity contribution is 0.0909. The van der Waals surface area contributed by atoms with Gasteiger partial charge < -0.3 is 5.32 Å². The molecule has 0 aliphatic carbocycles. The fourth-order valence-electron chi connectivity index (χ4n) is 1.36. The molecule has 0 bridgehead atoms. The number of alkyl halides is 2. The fourth-order valence-corrected chi connectivity index (χ4v) is 2.49. The Morgan fingerprint density at radius 1 is 1.44 bits per heavy atom. The molecule has 0 aliphatic heterocycles. The van der Waals surface area contributed by atoms with E-state index in [0.29, 0.717) is 10.9 Å². The Hall–Kier alpha value is -0.320. The zero-order valence-corrected chi connectivity index (χ0v) is 12.9. The van der Waals surface area contributed by atoms with Crippen LogP contribution in [0.4, 0.5) is 4.39 Å². The number of carbonyl (C=O) groups is 1. The highest BCUT2D eigenvalue weighted by molar-refractivity contribution is 9.10. The quantitative estimate of drug-likeness (QED) is 0.795. The minimum absolute atomic E-state index is 0.0220. The van der Waals surface area contributed by atoms with Crippen molar-refractivity contribution in [1.82, 2.24) is 5.32 Å². The van der Waals surface area contributed by atoms with Crippen molar-refractivity contribution >= 4 is 45.0 Å². The van der Waals surface area contributed by atoms with E-state index in [-0.39, 0.29) is 17.3 Å². The normalized spacial score (nSPS) is 11.4. The molecule has 0 atom stereocenters. The van der Waals surface area contributed by atoms with E-state index >= 15 is 0 Å². The van der Waals surface area contributed by atoms with E-state index in [1.54, 1.807) is 6.07 Å². The minimum Gasteiger partial charge on any atom is -0.344 e. The van der Waals surface area contributed by atoms with Crippen LogP contribution in [0.25, 0.3) is 0 Å². The first kappa shape index (κ1) is 15.7. The highest BCUT2D eigenvalue weighted by Crippen LogP contribution is 2.19. The summed E-state index contributed by atoms with van der Waals surface area (Å²) in [4.78, 5) is 12.0. The molecule has 0 unspecified atom stereocenters. The summed E-state index contributed by atoms with van der Waals surface area (Å²) in [6, 6.07) is 4.26. The fraction of sp³-hybridized carbons (Fsp3) is 0.417. The predicted octanol–water partition coefficient (Wildman–Crippen LogP) is 3.94. The summed E-state index contributed by atoms with van der Waals surface area (Å²) in [5.74, 6) is -0.743. The third-order valence-electron chi connectivity index (χ3n) is 2.74. The largest absolute Gasteiger partial charge is 0.344 e. The molecule has 0 fully saturated rings. The van der Waals surface area contributed by atoms with Gasteiger partial charge in [-0.1, -0.05) is 22.9 Å². The third-order valence-corrected chi connectivity index (χ3v) is 4.26. The molecular weight excluding hydrogens is 344 g/mol. The van der Waals surface area contributed by atoms with Crippen molar-refractivity contribution in [1.29, 1.82) is 0 Å². The van der Waals surface area contributed by atoms with Crippen molar-refractivity contribution in [2.45, 2.75) is 18.9 Å². The van der Waals surface area contributed by atoms with Gasteiger partial charge in [0.05, 0.1) is 11.1 Å². The van der Waals surface area contributed by atoms with Crippen LogP contribution < -0.4 is 5.32 Å². The van der Waals surface area contributed by atoms with Gasteiger partial charge in [0.15, 0.2) is 0 Å². The first-order valence-corrected chi connectivity index (χ1v) is 7.23. The molecule has 0 saturated carbocycles. The maximum Gasteiger partial charge on any atom is 0.254 e. The number of carbonyl (C=O) groups excluding carboxylic acids is 1. The third kappa shape index (κ3) is 3.59. The Balaban J connectivity index is 2.94. The van der Waals surface area contributed by atoms with Crippen LogP contribution in [0.3, 0.4) is 0 Å². The molecule has 0 spiro atoms. The Morgan fingerprint density at radius 3 is 2.50 bits per heavy atom. The van der Waals surface area contributed by atoms with Crippen molar-refractivity contribution < 1.29 is 9.18 Å². The Morgan fingerprint density at radius 2 is 2.06 bits per heavy atom. The second-order valence-electron chi connectivity index (χ2n) is 3.98. The average molecular weight is 357 g/mol. The molecule has 0 aromatic heterocycles. The minimum atomic E-state index is -0.709. The molecule has 1 N–H and O–H groups in total. The summed E-state index contributed by atoms with van der Waals surface area (Å²) >= 11 is 14.8. The molecule has 0 saturated heterocycles. The molecule has 18 heavy (non-hydrogen) atoms. The number of nitrogens with one attached hydrogen (secondary N) is 1. The monoisotopic (exact) mass is 355 g/mol. The molecule has 2 nitrogen and oxygen atoms in total. The second kappa shape index (κ2) is 6.73. The summed E-state index contributed by atoms with van der Waals surface area (Å²) in [6.07, 6.45) is 0.573. The Labute approximate surface area is 124 Å². The van der Waals surface area contributed by atoms with Crippen molar-refractivity contribution in [2.24, 2.45) is 0 Å². The molecule has 1 aromatic rings. The highest BCUT2D eigenvalue weighted by Gasteiger charge is 2.29. The number of halogens is 4. The molecule has 0 aliphatic rings. The molecule has 6 heteroatoms. The SMILES string of the molecule is CCC(CCl)(CCl)NC(=O)c1ccc(Br)cc1F. The predicted molar refractivity (Wildman–Crippen MR) is 76.0 cm³/mol. The van der Waals surface area contributed by atoms with Gasteiger partial charge in [-0.3, -0.25) is 4.79 Å². The average Bonchev–Trinajstić information content (AvgIpc) is 2.36. The first-order valence-electron chi connectivity index (χ1n) is 5.37. The van der Waals surface area contributed by atoms with Gasteiger partial charge in [0.1, 0.15) is 5.82 Å². The van der Waals surface area contributed by atoms with Gasteiger partial charge in [0.25, 0.3) is 5.91 Å². The van der Waals surface area contributed by atoms with Crippen LogP contribution in [0, 0.1) is 5.82 Å². The second-order valence-corrected chi connectivity index (χ2v) is 5.43. The topological polar surface area (TPSA) is 29.1 Å². The van der Waals surface area contributed by atoms with E-state index in [0.717, 1.165) is 0 Å². The van der Waals surface area contributed by atoms with Crippen LogP contribution in [0.1, 0.15) is 23.7 Å².